The first-order chi connectivity index (χ1) is 15.9. The number of amides is 1. The summed E-state index contributed by atoms with van der Waals surface area (Å²) in [4.78, 5) is 18.6. The van der Waals surface area contributed by atoms with Crippen molar-refractivity contribution < 1.29 is 4.79 Å². The fourth-order valence-electron chi connectivity index (χ4n) is 7.70. The highest BCUT2D eigenvalue weighted by atomic mass is 16.2. The quantitative estimate of drug-likeness (QED) is 0.684. The number of aryl methyl sites for hydroxylation is 1. The second-order valence-electron chi connectivity index (χ2n) is 11.7. The molecule has 1 amide bonds. The van der Waals surface area contributed by atoms with E-state index in [9.17, 15) is 4.79 Å². The molecule has 1 unspecified atom stereocenters. The maximum atomic E-state index is 13.9. The molecule has 4 heterocycles. The number of carbonyl (C=O) groups excluding carboxylic acids is 1. The molecule has 1 aromatic rings. The largest absolute Gasteiger partial charge is 0.312 e. The minimum absolute atomic E-state index is 0.137. The lowest BCUT2D eigenvalue weighted by Gasteiger charge is -2.47. The zero-order valence-corrected chi connectivity index (χ0v) is 21.4. The van der Waals surface area contributed by atoms with E-state index in [1.54, 1.807) is 0 Å². The highest BCUT2D eigenvalue weighted by molar-refractivity contribution is 5.99. The smallest absolute Gasteiger partial charge is 0.233 e. The van der Waals surface area contributed by atoms with E-state index in [0.717, 1.165) is 68.6 Å². The lowest BCUT2D eigenvalue weighted by molar-refractivity contribution is -0.133. The van der Waals surface area contributed by atoms with E-state index < -0.39 is 0 Å². The number of rotatable bonds is 4. The molecule has 4 aliphatic heterocycles. The number of likely N-dealkylation sites (tertiary alicyclic amines) is 2. The van der Waals surface area contributed by atoms with Crippen LogP contribution >= 0.6 is 0 Å². The van der Waals surface area contributed by atoms with Crippen LogP contribution < -0.4 is 14.7 Å². The summed E-state index contributed by atoms with van der Waals surface area (Å²) in [6, 6.07) is 9.03. The van der Waals surface area contributed by atoms with Crippen LogP contribution in [0.25, 0.3) is 0 Å². The normalized spacial score (nSPS) is 32.9. The maximum absolute atomic E-state index is 13.9. The maximum Gasteiger partial charge on any atom is 0.233 e. The molecule has 5 heteroatoms. The first kappa shape index (κ1) is 23.3. The Kier molecular flexibility index (Phi) is 6.34. The molecule has 182 valence electrons. The summed E-state index contributed by atoms with van der Waals surface area (Å²) in [6.07, 6.45) is 8.13. The molecule has 4 fully saturated rings. The van der Waals surface area contributed by atoms with Gasteiger partial charge in [0.15, 0.2) is 0 Å². The van der Waals surface area contributed by atoms with E-state index >= 15 is 0 Å². The van der Waals surface area contributed by atoms with Crippen LogP contribution in [0.2, 0.25) is 0 Å². The molecule has 5 rings (SSSR count). The predicted molar refractivity (Wildman–Crippen MR) is 138 cm³/mol. The Morgan fingerprint density at radius 1 is 1.09 bits per heavy atom. The van der Waals surface area contributed by atoms with Crippen molar-refractivity contribution in [1.82, 2.24) is 14.7 Å². The molecule has 0 bridgehead atoms. The Morgan fingerprint density at radius 3 is 2.48 bits per heavy atom. The van der Waals surface area contributed by atoms with E-state index in [4.69, 9.17) is 0 Å². The summed E-state index contributed by atoms with van der Waals surface area (Å²) in [5.41, 5.74) is 3.77. The highest BCUT2D eigenvalue weighted by Gasteiger charge is 2.49. The summed E-state index contributed by atoms with van der Waals surface area (Å²) < 4.78 is 1.14. The Balaban J connectivity index is 1.41. The Hall–Kier alpha value is -1.43. The predicted octanol–water partition coefficient (Wildman–Crippen LogP) is 4.46. The number of hydrogen-bond acceptors (Lipinski definition) is 3. The van der Waals surface area contributed by atoms with Crippen LogP contribution in [-0.2, 0) is 4.79 Å². The van der Waals surface area contributed by atoms with Gasteiger partial charge in [0, 0.05) is 62.8 Å². The van der Waals surface area contributed by atoms with Crippen molar-refractivity contribution in [3.05, 3.63) is 23.8 Å². The fourth-order valence-corrected chi connectivity index (χ4v) is 7.70. The summed E-state index contributed by atoms with van der Waals surface area (Å²) in [5, 5.41) is 3.62. The first-order valence-electron chi connectivity index (χ1n) is 13.6. The van der Waals surface area contributed by atoms with Crippen molar-refractivity contribution in [3.8, 4) is 0 Å². The Bertz CT molecular complexity index is 869. The third-order valence-electron chi connectivity index (χ3n) is 9.80. The summed E-state index contributed by atoms with van der Waals surface area (Å²) >= 11 is 0. The minimum Gasteiger partial charge on any atom is -0.312 e. The third kappa shape index (κ3) is 3.84. The molecule has 5 nitrogen and oxygen atoms in total. The van der Waals surface area contributed by atoms with E-state index in [-0.39, 0.29) is 5.41 Å². The number of anilines is 1. The number of nitrogens with one attached hydrogen (secondary N) is 1. The molecule has 0 aliphatic carbocycles. The standard InChI is InChI=1S/C28H45N4O/c1-21(2)30-16-12-28(13-17-30)11-6-15-31(27(28)33)26-9-8-24(19-22(26)3)32(18-5-7-23(32)4)25-10-14-29-20-25/h8-9,19,21,23,25,29H,5-7,10-18,20H2,1-4H3/q+1/t23-,25-,32?/m0/s1. The van der Waals surface area contributed by atoms with Crippen molar-refractivity contribution in [2.24, 2.45) is 5.41 Å². The molecule has 1 N–H and O–H groups in total. The van der Waals surface area contributed by atoms with Crippen molar-refractivity contribution >= 4 is 17.3 Å². The number of hydrogen-bond donors (Lipinski definition) is 1. The Morgan fingerprint density at radius 2 is 1.88 bits per heavy atom. The molecule has 4 saturated heterocycles. The zero-order valence-electron chi connectivity index (χ0n) is 21.4. The second-order valence-corrected chi connectivity index (χ2v) is 11.7. The molecule has 33 heavy (non-hydrogen) atoms. The van der Waals surface area contributed by atoms with Gasteiger partial charge in [-0.05, 0) is 78.1 Å². The number of benzene rings is 1. The molecular formula is C28H45N4O+. The second kappa shape index (κ2) is 8.98. The SMILES string of the molecule is Cc1cc([N+]2([C@H]3CCNC3)CCC[C@@H]2C)ccc1N1CCCC2(CCN(C(C)C)CC2)C1=O. The number of carbonyl (C=O) groups is 1. The van der Waals surface area contributed by atoms with E-state index in [0.29, 0.717) is 24.0 Å². The van der Waals surface area contributed by atoms with Gasteiger partial charge in [-0.15, -0.1) is 0 Å². The van der Waals surface area contributed by atoms with E-state index in [1.807, 2.05) is 0 Å². The van der Waals surface area contributed by atoms with Gasteiger partial charge >= 0.3 is 0 Å². The van der Waals surface area contributed by atoms with Gasteiger partial charge in [0.1, 0.15) is 11.7 Å². The van der Waals surface area contributed by atoms with Crippen LogP contribution in [0, 0.1) is 12.3 Å². The van der Waals surface area contributed by atoms with Crippen molar-refractivity contribution in [2.75, 3.05) is 44.2 Å². The Labute approximate surface area is 201 Å². The van der Waals surface area contributed by atoms with Crippen molar-refractivity contribution in [1.29, 1.82) is 0 Å². The van der Waals surface area contributed by atoms with Crippen LogP contribution in [0.1, 0.15) is 71.3 Å². The average Bonchev–Trinajstić information content (AvgIpc) is 3.47. The van der Waals surface area contributed by atoms with Crippen LogP contribution in [0.15, 0.2) is 18.2 Å². The molecular weight excluding hydrogens is 408 g/mol. The molecule has 1 spiro atoms. The highest BCUT2D eigenvalue weighted by Crippen LogP contribution is 2.45. The van der Waals surface area contributed by atoms with Gasteiger partial charge in [-0.25, -0.2) is 0 Å². The number of quaternary nitrogens is 1. The average molecular weight is 454 g/mol. The lowest BCUT2D eigenvalue weighted by Crippen LogP contribution is -2.59. The van der Waals surface area contributed by atoms with Crippen molar-refractivity contribution in [3.63, 3.8) is 0 Å². The van der Waals surface area contributed by atoms with Gasteiger partial charge in [0.2, 0.25) is 5.91 Å². The number of nitrogens with zero attached hydrogens (tertiary/aromatic N) is 3. The summed E-state index contributed by atoms with van der Waals surface area (Å²) in [5.74, 6) is 0.395. The van der Waals surface area contributed by atoms with E-state index in [1.165, 1.54) is 37.1 Å². The fraction of sp³-hybridized carbons (Fsp3) is 0.750. The molecule has 3 atom stereocenters. The van der Waals surface area contributed by atoms with Gasteiger partial charge in [-0.3, -0.25) is 9.28 Å². The van der Waals surface area contributed by atoms with Crippen LogP contribution in [0.5, 0.6) is 0 Å². The van der Waals surface area contributed by atoms with Gasteiger partial charge < -0.3 is 15.1 Å². The summed E-state index contributed by atoms with van der Waals surface area (Å²) in [7, 11) is 0. The van der Waals surface area contributed by atoms with Crippen LogP contribution in [0.3, 0.4) is 0 Å². The van der Waals surface area contributed by atoms with Gasteiger partial charge in [0.25, 0.3) is 0 Å². The lowest BCUT2D eigenvalue weighted by atomic mass is 9.71. The van der Waals surface area contributed by atoms with Gasteiger partial charge in [-0.2, -0.15) is 0 Å². The zero-order chi connectivity index (χ0) is 23.2. The summed E-state index contributed by atoms with van der Waals surface area (Å²) in [6.45, 7) is 15.8. The molecule has 0 aromatic heterocycles. The van der Waals surface area contributed by atoms with Gasteiger partial charge in [0.05, 0.1) is 18.0 Å². The number of piperidine rings is 2. The third-order valence-corrected chi connectivity index (χ3v) is 9.80. The van der Waals surface area contributed by atoms with Gasteiger partial charge in [-0.1, -0.05) is 0 Å². The minimum atomic E-state index is -0.137. The first-order valence-corrected chi connectivity index (χ1v) is 13.6. The topological polar surface area (TPSA) is 35.6 Å². The monoisotopic (exact) mass is 453 g/mol. The van der Waals surface area contributed by atoms with Crippen molar-refractivity contribution in [2.45, 2.75) is 90.8 Å². The molecule has 0 saturated carbocycles. The molecule has 4 aliphatic rings. The van der Waals surface area contributed by atoms with Crippen LogP contribution in [-0.4, -0.2) is 68.2 Å². The van der Waals surface area contributed by atoms with E-state index in [2.05, 4.69) is 61.0 Å². The van der Waals surface area contributed by atoms with Crippen LogP contribution in [0.4, 0.5) is 11.4 Å². The molecule has 0 radical (unpaired) electrons. The molecule has 1 aromatic carbocycles.